The van der Waals surface area contributed by atoms with Crippen molar-refractivity contribution in [3.05, 3.63) is 35.4 Å². The van der Waals surface area contributed by atoms with E-state index in [1.54, 1.807) is 4.31 Å². The number of nitrogens with zero attached hydrogens (tertiary/aromatic N) is 3. The lowest BCUT2D eigenvalue weighted by Crippen LogP contribution is -2.37. The van der Waals surface area contributed by atoms with Gasteiger partial charge in [0.15, 0.2) is 0 Å². The lowest BCUT2D eigenvalue weighted by Gasteiger charge is -2.23. The van der Waals surface area contributed by atoms with Crippen LogP contribution in [0.1, 0.15) is 30.4 Å². The largest absolute Gasteiger partial charge is 0.355 e. The molecule has 2 aromatic rings. The average Bonchev–Trinajstić information content (AvgIpc) is 3.41. The first-order valence-corrected chi connectivity index (χ1v) is 10.6. The number of hydrogen-bond donors (Lipinski definition) is 0. The van der Waals surface area contributed by atoms with Crippen LogP contribution in [-0.4, -0.2) is 49.1 Å². The number of hydrogen-bond acceptors (Lipinski definition) is 4. The maximum absolute atomic E-state index is 12.5. The Kier molecular flexibility index (Phi) is 4.20. The van der Waals surface area contributed by atoms with Gasteiger partial charge in [-0.3, -0.25) is 0 Å². The number of rotatable bonds is 3. The fourth-order valence-corrected chi connectivity index (χ4v) is 5.48. The Hall–Kier alpha value is -1.66. The molecule has 1 aliphatic carbocycles. The van der Waals surface area contributed by atoms with Gasteiger partial charge in [-0.2, -0.15) is 4.31 Å². The van der Waals surface area contributed by atoms with Crippen molar-refractivity contribution < 1.29 is 8.42 Å². The van der Waals surface area contributed by atoms with Gasteiger partial charge in [-0.25, -0.2) is 13.4 Å². The maximum atomic E-state index is 12.5. The molecule has 0 amide bonds. The molecule has 0 unspecified atom stereocenters. The third-order valence-corrected chi connectivity index (χ3v) is 7.64. The molecule has 1 saturated heterocycles. The van der Waals surface area contributed by atoms with Gasteiger partial charge in [-0.15, -0.1) is 0 Å². The average molecular weight is 359 g/mol. The molecule has 0 spiro atoms. The Bertz CT molecular complexity index is 906. The summed E-state index contributed by atoms with van der Waals surface area (Å²) in [5.74, 6) is 0.960. The number of sulfonamides is 1. The molecule has 1 aliphatic heterocycles. The maximum Gasteiger partial charge on any atom is 0.217 e. The van der Waals surface area contributed by atoms with Crippen molar-refractivity contribution in [2.24, 2.45) is 0 Å². The van der Waals surface area contributed by atoms with Gasteiger partial charge in [0.1, 0.15) is 5.82 Å². The molecule has 0 atom stereocenters. The zero-order chi connectivity index (χ0) is 17.6. The molecule has 25 heavy (non-hydrogen) atoms. The van der Waals surface area contributed by atoms with Gasteiger partial charge in [0.05, 0.1) is 10.8 Å². The van der Waals surface area contributed by atoms with Crippen molar-refractivity contribution >= 4 is 26.7 Å². The minimum atomic E-state index is -3.08. The Morgan fingerprint density at radius 1 is 1.04 bits per heavy atom. The van der Waals surface area contributed by atoms with E-state index in [1.165, 1.54) is 16.5 Å². The highest BCUT2D eigenvalue weighted by Crippen LogP contribution is 2.32. The molecule has 0 radical (unpaired) electrons. The first-order chi connectivity index (χ1) is 11.9. The summed E-state index contributed by atoms with van der Waals surface area (Å²) in [7, 11) is -3.08. The van der Waals surface area contributed by atoms with Gasteiger partial charge in [0.2, 0.25) is 10.0 Å². The quantitative estimate of drug-likeness (QED) is 0.846. The third-order valence-electron chi connectivity index (χ3n) is 5.24. The summed E-state index contributed by atoms with van der Waals surface area (Å²) in [6, 6.07) is 8.49. The zero-order valence-corrected chi connectivity index (χ0v) is 15.7. The molecule has 1 saturated carbocycles. The first-order valence-electron chi connectivity index (χ1n) is 9.07. The summed E-state index contributed by atoms with van der Waals surface area (Å²) in [5.41, 5.74) is 3.43. The molecular weight excluding hydrogens is 334 g/mol. The van der Waals surface area contributed by atoms with Gasteiger partial charge >= 0.3 is 0 Å². The van der Waals surface area contributed by atoms with Crippen LogP contribution in [0.25, 0.3) is 10.9 Å². The number of anilines is 1. The second-order valence-corrected chi connectivity index (χ2v) is 9.51. The van der Waals surface area contributed by atoms with E-state index in [2.05, 4.69) is 43.0 Å². The molecule has 0 bridgehead atoms. The Balaban J connectivity index is 1.59. The van der Waals surface area contributed by atoms with Crippen LogP contribution >= 0.6 is 0 Å². The lowest BCUT2D eigenvalue weighted by molar-refractivity contribution is 0.432. The fourth-order valence-electron chi connectivity index (χ4n) is 3.61. The molecule has 1 aromatic heterocycles. The molecule has 134 valence electrons. The monoisotopic (exact) mass is 359 g/mol. The van der Waals surface area contributed by atoms with Crippen LogP contribution < -0.4 is 4.90 Å². The molecule has 4 rings (SSSR count). The summed E-state index contributed by atoms with van der Waals surface area (Å²) in [6.07, 6.45) is 2.50. The highest BCUT2D eigenvalue weighted by Gasteiger charge is 2.40. The van der Waals surface area contributed by atoms with E-state index >= 15 is 0 Å². The predicted molar refractivity (Wildman–Crippen MR) is 102 cm³/mol. The predicted octanol–water partition coefficient (Wildman–Crippen LogP) is 2.86. The molecule has 2 heterocycles. The topological polar surface area (TPSA) is 53.5 Å². The van der Waals surface area contributed by atoms with Crippen LogP contribution in [0.4, 0.5) is 5.82 Å². The van der Waals surface area contributed by atoms with E-state index in [1.807, 2.05) is 0 Å². The van der Waals surface area contributed by atoms with Gasteiger partial charge in [0.25, 0.3) is 0 Å². The van der Waals surface area contributed by atoms with E-state index in [4.69, 9.17) is 4.98 Å². The summed E-state index contributed by atoms with van der Waals surface area (Å²) < 4.78 is 26.7. The van der Waals surface area contributed by atoms with Crippen molar-refractivity contribution in [2.45, 2.75) is 38.4 Å². The van der Waals surface area contributed by atoms with Crippen LogP contribution in [0, 0.1) is 13.8 Å². The molecular formula is C19H25N3O2S. The number of fused-ring (bicyclic) bond motifs is 1. The van der Waals surface area contributed by atoms with Gasteiger partial charge in [-0.1, -0.05) is 12.1 Å². The normalized spacial score (nSPS) is 20.0. The lowest BCUT2D eigenvalue weighted by atomic mass is 10.1. The minimum absolute atomic E-state index is 0.122. The first kappa shape index (κ1) is 16.8. The Morgan fingerprint density at radius 3 is 2.60 bits per heavy atom. The third kappa shape index (κ3) is 3.25. The smallest absolute Gasteiger partial charge is 0.217 e. The van der Waals surface area contributed by atoms with E-state index in [0.29, 0.717) is 19.6 Å². The zero-order valence-electron chi connectivity index (χ0n) is 14.9. The standard InChI is InChI=1S/C19H25N3O2S/c1-14-4-7-17-15(2)13-19(20-18(17)12-14)21-8-3-9-22(11-10-21)25(23,24)16-5-6-16/h4,7,12-13,16H,3,5-6,8-11H2,1-2H3. The van der Waals surface area contributed by atoms with Crippen molar-refractivity contribution in [1.29, 1.82) is 0 Å². The molecule has 5 nitrogen and oxygen atoms in total. The van der Waals surface area contributed by atoms with E-state index in [9.17, 15) is 8.42 Å². The summed E-state index contributed by atoms with van der Waals surface area (Å²) in [6.45, 7) is 6.93. The Labute approximate surface area is 149 Å². The number of aryl methyl sites for hydroxylation is 2. The second-order valence-electron chi connectivity index (χ2n) is 7.30. The fraction of sp³-hybridized carbons (Fsp3) is 0.526. The van der Waals surface area contributed by atoms with Crippen LogP contribution in [0.15, 0.2) is 24.3 Å². The highest BCUT2D eigenvalue weighted by molar-refractivity contribution is 7.90. The van der Waals surface area contributed by atoms with Crippen molar-refractivity contribution in [1.82, 2.24) is 9.29 Å². The van der Waals surface area contributed by atoms with Gasteiger partial charge in [0, 0.05) is 31.6 Å². The molecule has 2 aliphatic rings. The van der Waals surface area contributed by atoms with Crippen LogP contribution in [-0.2, 0) is 10.0 Å². The van der Waals surface area contributed by atoms with Crippen LogP contribution in [0.2, 0.25) is 0 Å². The van der Waals surface area contributed by atoms with Crippen molar-refractivity contribution in [3.63, 3.8) is 0 Å². The molecule has 2 fully saturated rings. The number of benzene rings is 1. The van der Waals surface area contributed by atoms with Crippen molar-refractivity contribution in [3.8, 4) is 0 Å². The highest BCUT2D eigenvalue weighted by atomic mass is 32.2. The molecule has 6 heteroatoms. The van der Waals surface area contributed by atoms with E-state index < -0.39 is 10.0 Å². The minimum Gasteiger partial charge on any atom is -0.355 e. The summed E-state index contributed by atoms with van der Waals surface area (Å²) in [4.78, 5) is 7.09. The number of aromatic nitrogens is 1. The Morgan fingerprint density at radius 2 is 1.84 bits per heavy atom. The number of pyridine rings is 1. The van der Waals surface area contributed by atoms with Crippen molar-refractivity contribution in [2.75, 3.05) is 31.1 Å². The van der Waals surface area contributed by atoms with E-state index in [-0.39, 0.29) is 5.25 Å². The van der Waals surface area contributed by atoms with Crippen LogP contribution in [0.3, 0.4) is 0 Å². The SMILES string of the molecule is Cc1ccc2c(C)cc(N3CCCN(S(=O)(=O)C4CC4)CC3)nc2c1. The second kappa shape index (κ2) is 6.25. The molecule has 1 aromatic carbocycles. The summed E-state index contributed by atoms with van der Waals surface area (Å²) in [5, 5.41) is 1.06. The summed E-state index contributed by atoms with van der Waals surface area (Å²) >= 11 is 0. The van der Waals surface area contributed by atoms with Gasteiger partial charge in [-0.05, 0) is 56.4 Å². The van der Waals surface area contributed by atoms with Crippen LogP contribution in [0.5, 0.6) is 0 Å². The van der Waals surface area contributed by atoms with E-state index in [0.717, 1.165) is 37.1 Å². The molecule has 0 N–H and O–H groups in total. The van der Waals surface area contributed by atoms with Gasteiger partial charge < -0.3 is 4.90 Å².